The molecular weight excluding hydrogens is 378 g/mol. The molecule has 140 valence electrons. The average Bonchev–Trinajstić information content (AvgIpc) is 2.52. The third-order valence-electron chi connectivity index (χ3n) is 3.90. The molecule has 0 unspecified atom stereocenters. The summed E-state index contributed by atoms with van der Waals surface area (Å²) < 4.78 is 29.1. The standard InChI is InChI=1S/C17H19N3O4S.ClH/c1-25(22,23)15-6-2-5-14(8-15)24-17-12(4-3-7-19-17)11-20-16(21)13-9-18-10-13;/h2-8,13,18H,9-11H2,1H3,(H,20,21);1H. The molecule has 0 bridgehead atoms. The van der Waals surface area contributed by atoms with E-state index < -0.39 is 9.84 Å². The molecule has 1 saturated heterocycles. The molecule has 7 nitrogen and oxygen atoms in total. The van der Waals surface area contributed by atoms with Gasteiger partial charge in [-0.2, -0.15) is 0 Å². The number of sulfone groups is 1. The molecule has 0 spiro atoms. The summed E-state index contributed by atoms with van der Waals surface area (Å²) in [4.78, 5) is 16.3. The number of pyridine rings is 1. The van der Waals surface area contributed by atoms with Gasteiger partial charge < -0.3 is 15.4 Å². The van der Waals surface area contributed by atoms with E-state index in [-0.39, 0.29) is 29.1 Å². The first-order valence-electron chi connectivity index (χ1n) is 7.84. The minimum absolute atomic E-state index is 0. The summed E-state index contributed by atoms with van der Waals surface area (Å²) in [6.45, 7) is 1.69. The summed E-state index contributed by atoms with van der Waals surface area (Å²) >= 11 is 0. The smallest absolute Gasteiger partial charge is 0.225 e. The van der Waals surface area contributed by atoms with Gasteiger partial charge in [0.1, 0.15) is 5.75 Å². The number of aromatic nitrogens is 1. The lowest BCUT2D eigenvalue weighted by molar-refractivity contribution is -0.126. The molecule has 1 aliphatic rings. The highest BCUT2D eigenvalue weighted by Gasteiger charge is 2.24. The zero-order valence-electron chi connectivity index (χ0n) is 14.1. The summed E-state index contributed by atoms with van der Waals surface area (Å²) in [5, 5.41) is 5.92. The Labute approximate surface area is 158 Å². The monoisotopic (exact) mass is 397 g/mol. The minimum Gasteiger partial charge on any atom is -0.439 e. The SMILES string of the molecule is CS(=O)(=O)c1cccc(Oc2ncccc2CNC(=O)C2CNC2)c1.Cl. The van der Waals surface area contributed by atoms with Crippen LogP contribution in [0.2, 0.25) is 0 Å². The fourth-order valence-corrected chi connectivity index (χ4v) is 2.99. The number of nitrogens with zero attached hydrogens (tertiary/aromatic N) is 1. The summed E-state index contributed by atoms with van der Waals surface area (Å²) in [6, 6.07) is 9.79. The van der Waals surface area contributed by atoms with Crippen LogP contribution in [0.4, 0.5) is 0 Å². The quantitative estimate of drug-likeness (QED) is 0.767. The van der Waals surface area contributed by atoms with Crippen LogP contribution in [0.3, 0.4) is 0 Å². The second-order valence-corrected chi connectivity index (χ2v) is 7.91. The van der Waals surface area contributed by atoms with E-state index in [4.69, 9.17) is 4.74 Å². The van der Waals surface area contributed by atoms with Crippen molar-refractivity contribution < 1.29 is 17.9 Å². The molecule has 0 aliphatic carbocycles. The van der Waals surface area contributed by atoms with E-state index in [2.05, 4.69) is 15.6 Å². The number of nitrogens with one attached hydrogen (secondary N) is 2. The van der Waals surface area contributed by atoms with Crippen molar-refractivity contribution >= 4 is 28.2 Å². The zero-order chi connectivity index (χ0) is 17.9. The number of hydrogen-bond acceptors (Lipinski definition) is 6. The second kappa shape index (κ2) is 8.48. The Bertz CT molecular complexity index is 885. The van der Waals surface area contributed by atoms with E-state index >= 15 is 0 Å². The van der Waals surface area contributed by atoms with E-state index in [1.54, 1.807) is 24.4 Å². The zero-order valence-corrected chi connectivity index (χ0v) is 15.8. The summed E-state index contributed by atoms with van der Waals surface area (Å²) in [7, 11) is -3.32. The minimum atomic E-state index is -3.32. The van der Waals surface area contributed by atoms with Crippen LogP contribution in [0.15, 0.2) is 47.5 Å². The Morgan fingerprint density at radius 2 is 2.08 bits per heavy atom. The van der Waals surface area contributed by atoms with Crippen molar-refractivity contribution in [3.8, 4) is 11.6 Å². The molecule has 2 N–H and O–H groups in total. The number of hydrogen-bond donors (Lipinski definition) is 2. The van der Waals surface area contributed by atoms with Crippen molar-refractivity contribution in [2.24, 2.45) is 5.92 Å². The summed E-state index contributed by atoms with van der Waals surface area (Å²) in [5.74, 6) is 0.706. The molecular formula is C17H20ClN3O4S. The Hall–Kier alpha value is -2.16. The number of rotatable bonds is 6. The van der Waals surface area contributed by atoms with Crippen LogP contribution in [0.1, 0.15) is 5.56 Å². The average molecular weight is 398 g/mol. The lowest BCUT2D eigenvalue weighted by Gasteiger charge is -2.25. The Balaban J connectivity index is 0.00000243. The topological polar surface area (TPSA) is 97.4 Å². The van der Waals surface area contributed by atoms with Crippen molar-refractivity contribution in [2.45, 2.75) is 11.4 Å². The van der Waals surface area contributed by atoms with Gasteiger partial charge in [-0.05, 0) is 24.3 Å². The lowest BCUT2D eigenvalue weighted by Crippen LogP contribution is -2.50. The van der Waals surface area contributed by atoms with E-state index in [0.29, 0.717) is 36.8 Å². The molecule has 0 saturated carbocycles. The molecule has 0 radical (unpaired) electrons. The van der Waals surface area contributed by atoms with Crippen LogP contribution in [0.5, 0.6) is 11.6 Å². The molecule has 1 aromatic carbocycles. The predicted molar refractivity (Wildman–Crippen MR) is 99.3 cm³/mol. The van der Waals surface area contributed by atoms with Gasteiger partial charge in [-0.15, -0.1) is 12.4 Å². The van der Waals surface area contributed by atoms with Crippen molar-refractivity contribution in [1.29, 1.82) is 0 Å². The first kappa shape index (κ1) is 20.2. The van der Waals surface area contributed by atoms with Gasteiger partial charge in [0, 0.05) is 37.7 Å². The number of carbonyl (C=O) groups excluding carboxylic acids is 1. The molecule has 0 atom stereocenters. The first-order valence-corrected chi connectivity index (χ1v) is 9.73. The number of ether oxygens (including phenoxy) is 1. The lowest BCUT2D eigenvalue weighted by atomic mass is 10.0. The van der Waals surface area contributed by atoms with Gasteiger partial charge in [0.25, 0.3) is 0 Å². The number of carbonyl (C=O) groups is 1. The van der Waals surface area contributed by atoms with E-state index in [0.717, 1.165) is 6.26 Å². The molecule has 2 aromatic rings. The third-order valence-corrected chi connectivity index (χ3v) is 5.01. The van der Waals surface area contributed by atoms with Gasteiger partial charge in [0.05, 0.1) is 10.8 Å². The fourth-order valence-electron chi connectivity index (χ4n) is 2.33. The first-order chi connectivity index (χ1) is 11.9. The number of halogens is 1. The highest BCUT2D eigenvalue weighted by atomic mass is 35.5. The van der Waals surface area contributed by atoms with Crippen LogP contribution < -0.4 is 15.4 Å². The number of benzene rings is 1. The Morgan fingerprint density at radius 3 is 2.73 bits per heavy atom. The van der Waals surface area contributed by atoms with E-state index in [1.807, 2.05) is 6.07 Å². The van der Waals surface area contributed by atoms with E-state index in [9.17, 15) is 13.2 Å². The highest BCUT2D eigenvalue weighted by Crippen LogP contribution is 2.25. The fraction of sp³-hybridized carbons (Fsp3) is 0.294. The molecule has 1 fully saturated rings. The maximum Gasteiger partial charge on any atom is 0.225 e. The van der Waals surface area contributed by atoms with Crippen molar-refractivity contribution in [3.63, 3.8) is 0 Å². The van der Waals surface area contributed by atoms with Crippen molar-refractivity contribution in [3.05, 3.63) is 48.2 Å². The van der Waals surface area contributed by atoms with Crippen LogP contribution in [0.25, 0.3) is 0 Å². The van der Waals surface area contributed by atoms with E-state index in [1.165, 1.54) is 12.1 Å². The maximum atomic E-state index is 11.9. The largest absolute Gasteiger partial charge is 0.439 e. The van der Waals surface area contributed by atoms with Gasteiger partial charge >= 0.3 is 0 Å². The Kier molecular flexibility index (Phi) is 6.57. The summed E-state index contributed by atoms with van der Waals surface area (Å²) in [6.07, 6.45) is 2.72. The van der Waals surface area contributed by atoms with Crippen molar-refractivity contribution in [2.75, 3.05) is 19.3 Å². The van der Waals surface area contributed by atoms with Gasteiger partial charge in [-0.1, -0.05) is 12.1 Å². The molecule has 3 rings (SSSR count). The predicted octanol–water partition coefficient (Wildman–Crippen LogP) is 1.53. The van der Waals surface area contributed by atoms with Crippen LogP contribution in [0, 0.1) is 5.92 Å². The van der Waals surface area contributed by atoms with Crippen LogP contribution in [-0.4, -0.2) is 38.7 Å². The molecule has 26 heavy (non-hydrogen) atoms. The molecule has 1 aliphatic heterocycles. The molecule has 2 heterocycles. The van der Waals surface area contributed by atoms with Gasteiger partial charge in [0.2, 0.25) is 11.8 Å². The Morgan fingerprint density at radius 1 is 1.31 bits per heavy atom. The van der Waals surface area contributed by atoms with Gasteiger partial charge in [0.15, 0.2) is 9.84 Å². The van der Waals surface area contributed by atoms with Crippen LogP contribution in [-0.2, 0) is 21.2 Å². The van der Waals surface area contributed by atoms with Gasteiger partial charge in [-0.25, -0.2) is 13.4 Å². The normalized spacial score (nSPS) is 14.0. The third kappa shape index (κ3) is 4.94. The second-order valence-electron chi connectivity index (χ2n) is 5.89. The molecule has 1 amide bonds. The van der Waals surface area contributed by atoms with Gasteiger partial charge in [-0.3, -0.25) is 4.79 Å². The van der Waals surface area contributed by atoms with Crippen molar-refractivity contribution in [1.82, 2.24) is 15.6 Å². The maximum absolute atomic E-state index is 11.9. The molecule has 9 heteroatoms. The van der Waals surface area contributed by atoms with Crippen LogP contribution >= 0.6 is 12.4 Å². The molecule has 1 aromatic heterocycles. The number of amides is 1. The summed E-state index contributed by atoms with van der Waals surface area (Å²) in [5.41, 5.74) is 0.716. The highest BCUT2D eigenvalue weighted by molar-refractivity contribution is 7.90.